The van der Waals surface area contributed by atoms with Crippen LogP contribution in [0.5, 0.6) is 0 Å². The molecule has 0 amide bonds. The van der Waals surface area contributed by atoms with Gasteiger partial charge in [0.25, 0.3) is 0 Å². The number of hydrogen-bond donors (Lipinski definition) is 0. The Kier molecular flexibility index (Phi) is 3.55. The minimum Gasteiger partial charge on any atom is -0.287 e. The van der Waals surface area contributed by atoms with Gasteiger partial charge >= 0.3 is 0 Å². The van der Waals surface area contributed by atoms with Crippen molar-refractivity contribution >= 4 is 44.2 Å². The first-order chi connectivity index (χ1) is 9.66. The predicted molar refractivity (Wildman–Crippen MR) is 84.3 cm³/mol. The van der Waals surface area contributed by atoms with Crippen molar-refractivity contribution in [2.24, 2.45) is 0 Å². The summed E-state index contributed by atoms with van der Waals surface area (Å²) in [5.41, 5.74) is 1.61. The van der Waals surface area contributed by atoms with E-state index in [0.29, 0.717) is 20.8 Å². The molecule has 0 aliphatic rings. The number of para-hydroxylation sites is 1. The van der Waals surface area contributed by atoms with Crippen LogP contribution in [-0.4, -0.2) is 10.8 Å². The van der Waals surface area contributed by atoms with Gasteiger partial charge in [-0.2, -0.15) is 0 Å². The van der Waals surface area contributed by atoms with Crippen molar-refractivity contribution in [3.8, 4) is 0 Å². The lowest BCUT2D eigenvalue weighted by Gasteiger charge is -2.06. The maximum atomic E-state index is 12.6. The largest absolute Gasteiger partial charge is 0.287 e. The molecular weight excluding hydrogens is 338 g/mol. The van der Waals surface area contributed by atoms with Crippen molar-refractivity contribution < 1.29 is 4.79 Å². The maximum Gasteiger partial charge on any atom is 0.214 e. The molecule has 1 heterocycles. The molecule has 0 atom stereocenters. The van der Waals surface area contributed by atoms with Crippen molar-refractivity contribution in [2.45, 2.75) is 0 Å². The molecule has 1 aromatic heterocycles. The molecule has 0 N–H and O–H groups in total. The predicted octanol–water partition coefficient (Wildman–Crippen LogP) is 4.88. The average Bonchev–Trinajstić information content (AvgIpc) is 2.46. The lowest BCUT2D eigenvalue weighted by Crippen LogP contribution is -2.06. The smallest absolute Gasteiger partial charge is 0.214 e. The Labute approximate surface area is 129 Å². The van der Waals surface area contributed by atoms with Crippen LogP contribution in [0.2, 0.25) is 5.02 Å². The third-order valence-corrected chi connectivity index (χ3v) is 3.95. The summed E-state index contributed by atoms with van der Waals surface area (Å²) in [5, 5.41) is 1.41. The zero-order chi connectivity index (χ0) is 14.1. The molecule has 0 aliphatic carbocycles. The highest BCUT2D eigenvalue weighted by Crippen LogP contribution is 2.25. The number of carbonyl (C=O) groups is 1. The Morgan fingerprint density at radius 2 is 1.75 bits per heavy atom. The van der Waals surface area contributed by atoms with Gasteiger partial charge in [0.1, 0.15) is 5.69 Å². The third kappa shape index (κ3) is 2.35. The summed E-state index contributed by atoms with van der Waals surface area (Å²) in [6.07, 6.45) is 0. The van der Waals surface area contributed by atoms with Crippen LogP contribution in [0.3, 0.4) is 0 Å². The molecule has 0 radical (unpaired) electrons. The lowest BCUT2D eigenvalue weighted by atomic mass is 10.1. The van der Waals surface area contributed by atoms with E-state index in [0.717, 1.165) is 10.9 Å². The van der Waals surface area contributed by atoms with Crippen molar-refractivity contribution in [3.63, 3.8) is 0 Å². The molecule has 3 rings (SSSR count). The van der Waals surface area contributed by atoms with Crippen LogP contribution in [0.4, 0.5) is 0 Å². The zero-order valence-electron chi connectivity index (χ0n) is 10.3. The molecule has 0 spiro atoms. The summed E-state index contributed by atoms with van der Waals surface area (Å²) in [6, 6.07) is 16.5. The fraction of sp³-hybridized carbons (Fsp3) is 0. The van der Waals surface area contributed by atoms with E-state index in [1.165, 1.54) is 0 Å². The van der Waals surface area contributed by atoms with E-state index in [1.54, 1.807) is 24.3 Å². The standard InChI is InChI=1S/C16H9BrClNO/c17-12-9-10-5-1-4-8-14(10)19-15(12)16(20)11-6-2-3-7-13(11)18/h1-9H. The fourth-order valence-electron chi connectivity index (χ4n) is 2.02. The van der Waals surface area contributed by atoms with E-state index in [-0.39, 0.29) is 5.78 Å². The normalized spacial score (nSPS) is 10.7. The second-order valence-electron chi connectivity index (χ2n) is 4.32. The Balaban J connectivity index is 2.17. The van der Waals surface area contributed by atoms with E-state index in [2.05, 4.69) is 20.9 Å². The topological polar surface area (TPSA) is 30.0 Å². The number of carbonyl (C=O) groups excluding carboxylic acids is 1. The summed E-state index contributed by atoms with van der Waals surface area (Å²) >= 11 is 9.49. The molecule has 0 saturated heterocycles. The molecular formula is C16H9BrClNO. The van der Waals surface area contributed by atoms with Gasteiger partial charge in [-0.3, -0.25) is 4.79 Å². The van der Waals surface area contributed by atoms with Crippen molar-refractivity contribution in [2.75, 3.05) is 0 Å². The molecule has 2 aromatic carbocycles. The Morgan fingerprint density at radius 3 is 2.55 bits per heavy atom. The van der Waals surface area contributed by atoms with Crippen molar-refractivity contribution in [1.82, 2.24) is 4.98 Å². The molecule has 3 aromatic rings. The SMILES string of the molecule is O=C(c1ccccc1Cl)c1nc2ccccc2cc1Br. The first kappa shape index (κ1) is 13.3. The number of fused-ring (bicyclic) bond motifs is 1. The van der Waals surface area contributed by atoms with Gasteiger partial charge in [-0.05, 0) is 40.2 Å². The molecule has 98 valence electrons. The van der Waals surface area contributed by atoms with E-state index in [4.69, 9.17) is 11.6 Å². The van der Waals surface area contributed by atoms with Gasteiger partial charge in [0.15, 0.2) is 0 Å². The quantitative estimate of drug-likeness (QED) is 0.619. The number of ketones is 1. The maximum absolute atomic E-state index is 12.6. The highest BCUT2D eigenvalue weighted by Gasteiger charge is 2.17. The van der Waals surface area contributed by atoms with Crippen LogP contribution in [0.15, 0.2) is 59.1 Å². The number of halogens is 2. The number of rotatable bonds is 2. The molecule has 2 nitrogen and oxygen atoms in total. The highest BCUT2D eigenvalue weighted by atomic mass is 79.9. The van der Waals surface area contributed by atoms with E-state index in [9.17, 15) is 4.79 Å². The van der Waals surface area contributed by atoms with E-state index < -0.39 is 0 Å². The Hall–Kier alpha value is -1.71. The van der Waals surface area contributed by atoms with E-state index in [1.807, 2.05) is 30.3 Å². The molecule has 0 aliphatic heterocycles. The van der Waals surface area contributed by atoms with Crippen LogP contribution < -0.4 is 0 Å². The number of nitrogens with zero attached hydrogens (tertiary/aromatic N) is 1. The van der Waals surface area contributed by atoms with Crippen LogP contribution in [0, 0.1) is 0 Å². The van der Waals surface area contributed by atoms with Crippen LogP contribution >= 0.6 is 27.5 Å². The molecule has 0 bridgehead atoms. The molecule has 0 unspecified atom stereocenters. The number of benzene rings is 2. The number of aromatic nitrogens is 1. The van der Waals surface area contributed by atoms with Gasteiger partial charge in [0.2, 0.25) is 5.78 Å². The Bertz CT molecular complexity index is 816. The van der Waals surface area contributed by atoms with Crippen LogP contribution in [0.1, 0.15) is 16.1 Å². The zero-order valence-corrected chi connectivity index (χ0v) is 12.6. The van der Waals surface area contributed by atoms with E-state index >= 15 is 0 Å². The average molecular weight is 347 g/mol. The number of hydrogen-bond acceptors (Lipinski definition) is 2. The Morgan fingerprint density at radius 1 is 1.05 bits per heavy atom. The molecule has 20 heavy (non-hydrogen) atoms. The van der Waals surface area contributed by atoms with Gasteiger partial charge in [0, 0.05) is 15.4 Å². The van der Waals surface area contributed by atoms with Crippen molar-refractivity contribution in [3.05, 3.63) is 75.4 Å². The minimum atomic E-state index is -0.187. The minimum absolute atomic E-state index is 0.187. The third-order valence-electron chi connectivity index (χ3n) is 3.01. The van der Waals surface area contributed by atoms with Gasteiger partial charge < -0.3 is 0 Å². The first-order valence-electron chi connectivity index (χ1n) is 6.01. The summed E-state index contributed by atoms with van der Waals surface area (Å²) in [5.74, 6) is -0.187. The summed E-state index contributed by atoms with van der Waals surface area (Å²) in [6.45, 7) is 0. The summed E-state index contributed by atoms with van der Waals surface area (Å²) in [7, 11) is 0. The summed E-state index contributed by atoms with van der Waals surface area (Å²) in [4.78, 5) is 17.0. The molecule has 0 fully saturated rings. The van der Waals surface area contributed by atoms with Crippen LogP contribution in [0.25, 0.3) is 10.9 Å². The van der Waals surface area contributed by atoms with Crippen molar-refractivity contribution in [1.29, 1.82) is 0 Å². The van der Waals surface area contributed by atoms with Gasteiger partial charge in [-0.25, -0.2) is 4.98 Å². The second-order valence-corrected chi connectivity index (χ2v) is 5.58. The number of pyridine rings is 1. The highest BCUT2D eigenvalue weighted by molar-refractivity contribution is 9.10. The fourth-order valence-corrected chi connectivity index (χ4v) is 2.76. The molecule has 4 heteroatoms. The monoisotopic (exact) mass is 345 g/mol. The van der Waals surface area contributed by atoms with Crippen LogP contribution in [-0.2, 0) is 0 Å². The van der Waals surface area contributed by atoms with Gasteiger partial charge in [0.05, 0.1) is 10.5 Å². The van der Waals surface area contributed by atoms with Gasteiger partial charge in [-0.1, -0.05) is 41.9 Å². The second kappa shape index (κ2) is 5.35. The van der Waals surface area contributed by atoms with Gasteiger partial charge in [-0.15, -0.1) is 0 Å². The summed E-state index contributed by atoms with van der Waals surface area (Å²) < 4.78 is 0.668. The first-order valence-corrected chi connectivity index (χ1v) is 7.18. The lowest BCUT2D eigenvalue weighted by molar-refractivity contribution is 0.103. The molecule has 0 saturated carbocycles.